The second kappa shape index (κ2) is 6.70. The van der Waals surface area contributed by atoms with Crippen LogP contribution < -0.4 is 10.2 Å². The van der Waals surface area contributed by atoms with Crippen LogP contribution in [0.1, 0.15) is 11.1 Å². The molecule has 140 valence electrons. The monoisotopic (exact) mass is 377 g/mol. The van der Waals surface area contributed by atoms with E-state index in [1.165, 1.54) is 18.2 Å². The predicted octanol–water partition coefficient (Wildman–Crippen LogP) is 4.45. The fourth-order valence-electron chi connectivity index (χ4n) is 3.06. The van der Waals surface area contributed by atoms with Gasteiger partial charge in [0.15, 0.2) is 0 Å². The molecule has 0 aliphatic rings. The molecule has 0 aliphatic carbocycles. The van der Waals surface area contributed by atoms with Crippen LogP contribution in [0, 0.1) is 17.0 Å². The summed E-state index contributed by atoms with van der Waals surface area (Å²) in [7, 11) is 0. The highest BCUT2D eigenvalue weighted by molar-refractivity contribution is 5.94. The number of aromatic hydroxyl groups is 1. The first-order valence-electron chi connectivity index (χ1n) is 8.49. The van der Waals surface area contributed by atoms with Gasteiger partial charge in [-0.25, -0.2) is 0 Å². The van der Waals surface area contributed by atoms with Crippen molar-refractivity contribution in [3.63, 3.8) is 0 Å². The number of non-ortho nitro benzene ring substituents is 1. The van der Waals surface area contributed by atoms with Crippen LogP contribution in [-0.2, 0) is 6.61 Å². The standard InChI is InChI=1S/C21H15NO6/c1-12-3-2-4-16-20(24)19-17(23)9-15(10-18(19)28-21(12)16)27-11-13-5-7-14(8-6-13)22(25)26/h2-10,23H,11H2,1H3. The summed E-state index contributed by atoms with van der Waals surface area (Å²) in [6.45, 7) is 1.98. The van der Waals surface area contributed by atoms with Crippen LogP contribution in [0.25, 0.3) is 21.9 Å². The summed E-state index contributed by atoms with van der Waals surface area (Å²) in [5.41, 5.74) is 1.92. The van der Waals surface area contributed by atoms with Gasteiger partial charge in [0.2, 0.25) is 5.43 Å². The largest absolute Gasteiger partial charge is 0.507 e. The van der Waals surface area contributed by atoms with Crippen LogP contribution in [0.2, 0.25) is 0 Å². The molecule has 0 saturated carbocycles. The third kappa shape index (κ3) is 3.03. The normalized spacial score (nSPS) is 11.0. The number of hydrogen-bond acceptors (Lipinski definition) is 6. The highest BCUT2D eigenvalue weighted by atomic mass is 16.6. The zero-order chi connectivity index (χ0) is 19.8. The van der Waals surface area contributed by atoms with Gasteiger partial charge >= 0.3 is 0 Å². The zero-order valence-electron chi connectivity index (χ0n) is 14.8. The summed E-state index contributed by atoms with van der Waals surface area (Å²) in [4.78, 5) is 23.0. The number of rotatable bonds is 4. The fourth-order valence-corrected chi connectivity index (χ4v) is 3.06. The molecule has 1 aromatic heterocycles. The molecule has 4 rings (SSSR count). The molecule has 0 radical (unpaired) electrons. The van der Waals surface area contributed by atoms with E-state index < -0.39 is 4.92 Å². The highest BCUT2D eigenvalue weighted by Crippen LogP contribution is 2.31. The lowest BCUT2D eigenvalue weighted by atomic mass is 10.1. The predicted molar refractivity (Wildman–Crippen MR) is 104 cm³/mol. The lowest BCUT2D eigenvalue weighted by molar-refractivity contribution is -0.384. The molecule has 1 N–H and O–H groups in total. The molecule has 7 nitrogen and oxygen atoms in total. The number of benzene rings is 3. The van der Waals surface area contributed by atoms with Crippen molar-refractivity contribution in [1.82, 2.24) is 0 Å². The van der Waals surface area contributed by atoms with Gasteiger partial charge in [0, 0.05) is 24.3 Å². The number of ether oxygens (including phenoxy) is 1. The summed E-state index contributed by atoms with van der Waals surface area (Å²) in [6.07, 6.45) is 0. The van der Waals surface area contributed by atoms with E-state index in [1.807, 2.05) is 13.0 Å². The second-order valence-corrected chi connectivity index (χ2v) is 6.41. The Morgan fingerprint density at radius 2 is 1.89 bits per heavy atom. The van der Waals surface area contributed by atoms with Gasteiger partial charge in [-0.1, -0.05) is 12.1 Å². The van der Waals surface area contributed by atoms with Crippen LogP contribution in [0.3, 0.4) is 0 Å². The van der Waals surface area contributed by atoms with E-state index in [0.29, 0.717) is 16.7 Å². The Balaban J connectivity index is 1.70. The van der Waals surface area contributed by atoms with Gasteiger partial charge in [0.05, 0.1) is 10.3 Å². The van der Waals surface area contributed by atoms with E-state index in [1.54, 1.807) is 30.3 Å². The molecule has 4 aromatic rings. The molecule has 0 atom stereocenters. The quantitative estimate of drug-likeness (QED) is 0.320. The van der Waals surface area contributed by atoms with Gasteiger partial charge in [-0.3, -0.25) is 14.9 Å². The topological polar surface area (TPSA) is 103 Å². The number of fused-ring (bicyclic) bond motifs is 2. The van der Waals surface area contributed by atoms with Crippen LogP contribution in [0.15, 0.2) is 63.8 Å². The number of nitro groups is 1. The molecular formula is C21H15NO6. The maximum atomic E-state index is 12.7. The summed E-state index contributed by atoms with van der Waals surface area (Å²) >= 11 is 0. The average molecular weight is 377 g/mol. The Morgan fingerprint density at radius 3 is 2.61 bits per heavy atom. The minimum absolute atomic E-state index is 0.00359. The van der Waals surface area contributed by atoms with Crippen molar-refractivity contribution in [3.05, 3.63) is 86.1 Å². The summed E-state index contributed by atoms with van der Waals surface area (Å²) in [6, 6.07) is 14.1. The van der Waals surface area contributed by atoms with E-state index in [4.69, 9.17) is 9.15 Å². The van der Waals surface area contributed by atoms with Crippen LogP contribution >= 0.6 is 0 Å². The zero-order valence-corrected chi connectivity index (χ0v) is 14.8. The first-order valence-corrected chi connectivity index (χ1v) is 8.49. The van der Waals surface area contributed by atoms with E-state index >= 15 is 0 Å². The van der Waals surface area contributed by atoms with E-state index in [0.717, 1.165) is 11.1 Å². The number of phenolic OH excluding ortho intramolecular Hbond substituents is 1. The van der Waals surface area contributed by atoms with Gasteiger partial charge in [-0.2, -0.15) is 0 Å². The number of phenols is 1. The van der Waals surface area contributed by atoms with Crippen molar-refractivity contribution in [3.8, 4) is 11.5 Å². The molecule has 0 aliphatic heterocycles. The summed E-state index contributed by atoms with van der Waals surface area (Å²) in [5.74, 6) is 0.0905. The van der Waals surface area contributed by atoms with Gasteiger partial charge in [0.25, 0.3) is 5.69 Å². The van der Waals surface area contributed by atoms with Crippen LogP contribution in [0.5, 0.6) is 11.5 Å². The minimum Gasteiger partial charge on any atom is -0.507 e. The first-order chi connectivity index (χ1) is 13.4. The second-order valence-electron chi connectivity index (χ2n) is 6.41. The maximum absolute atomic E-state index is 12.7. The van der Waals surface area contributed by atoms with E-state index in [9.17, 15) is 20.0 Å². The number of para-hydroxylation sites is 1. The van der Waals surface area contributed by atoms with Gasteiger partial charge in [-0.05, 0) is 36.2 Å². The van der Waals surface area contributed by atoms with Crippen molar-refractivity contribution in [2.45, 2.75) is 13.5 Å². The van der Waals surface area contributed by atoms with Crippen molar-refractivity contribution in [2.75, 3.05) is 0 Å². The Kier molecular flexibility index (Phi) is 4.19. The SMILES string of the molecule is Cc1cccc2c(=O)c3c(O)cc(OCc4ccc([N+](=O)[O-])cc4)cc3oc12. The number of nitro benzene ring substituents is 1. The van der Waals surface area contributed by atoms with Gasteiger partial charge in [0.1, 0.15) is 34.7 Å². The third-order valence-corrected chi connectivity index (χ3v) is 4.50. The van der Waals surface area contributed by atoms with Crippen molar-refractivity contribution in [2.24, 2.45) is 0 Å². The summed E-state index contributed by atoms with van der Waals surface area (Å²) < 4.78 is 11.5. The first kappa shape index (κ1) is 17.5. The summed E-state index contributed by atoms with van der Waals surface area (Å²) in [5, 5.41) is 21.6. The molecule has 0 fully saturated rings. The molecule has 0 amide bonds. The number of aryl methyl sites for hydroxylation is 1. The minimum atomic E-state index is -0.472. The lowest BCUT2D eigenvalue weighted by Gasteiger charge is -2.10. The Hall–Kier alpha value is -3.87. The Bertz CT molecular complexity index is 1270. The molecule has 3 aromatic carbocycles. The fraction of sp³-hybridized carbons (Fsp3) is 0.0952. The molecule has 0 saturated heterocycles. The number of hydrogen-bond donors (Lipinski definition) is 1. The van der Waals surface area contributed by atoms with Crippen molar-refractivity contribution in [1.29, 1.82) is 0 Å². The molecule has 0 bridgehead atoms. The molecule has 1 heterocycles. The van der Waals surface area contributed by atoms with Gasteiger partial charge < -0.3 is 14.3 Å². The maximum Gasteiger partial charge on any atom is 0.269 e. The van der Waals surface area contributed by atoms with Crippen LogP contribution in [0.4, 0.5) is 5.69 Å². The molecular weight excluding hydrogens is 362 g/mol. The van der Waals surface area contributed by atoms with Crippen molar-refractivity contribution >= 4 is 27.6 Å². The Morgan fingerprint density at radius 1 is 1.14 bits per heavy atom. The lowest BCUT2D eigenvalue weighted by Crippen LogP contribution is -2.04. The Labute approximate surface area is 158 Å². The molecule has 0 unspecified atom stereocenters. The molecule has 0 spiro atoms. The van der Waals surface area contributed by atoms with E-state index in [-0.39, 0.29) is 34.4 Å². The van der Waals surface area contributed by atoms with Crippen molar-refractivity contribution < 1.29 is 19.2 Å². The highest BCUT2D eigenvalue weighted by Gasteiger charge is 2.15. The number of nitrogens with zero attached hydrogens (tertiary/aromatic N) is 1. The third-order valence-electron chi connectivity index (χ3n) is 4.50. The smallest absolute Gasteiger partial charge is 0.269 e. The van der Waals surface area contributed by atoms with Gasteiger partial charge in [-0.15, -0.1) is 0 Å². The van der Waals surface area contributed by atoms with E-state index in [2.05, 4.69) is 0 Å². The molecule has 28 heavy (non-hydrogen) atoms. The molecule has 7 heteroatoms. The van der Waals surface area contributed by atoms with Crippen LogP contribution in [-0.4, -0.2) is 10.0 Å². The average Bonchev–Trinajstić information content (AvgIpc) is 2.67.